The summed E-state index contributed by atoms with van der Waals surface area (Å²) in [5.74, 6) is -1.83. The van der Waals surface area contributed by atoms with E-state index < -0.39 is 47.9 Å². The molecule has 0 saturated carbocycles. The molecule has 0 aromatic heterocycles. The van der Waals surface area contributed by atoms with Crippen LogP contribution in [0.1, 0.15) is 33.1 Å². The number of aliphatic hydroxyl groups excluding tert-OH is 2. The summed E-state index contributed by atoms with van der Waals surface area (Å²) < 4.78 is 0. The van der Waals surface area contributed by atoms with Crippen LogP contribution in [0.25, 0.3) is 0 Å². The van der Waals surface area contributed by atoms with Crippen molar-refractivity contribution >= 4 is 24.5 Å². The first kappa shape index (κ1) is 24.1. The molecule has 0 aliphatic carbocycles. The van der Waals surface area contributed by atoms with Crippen molar-refractivity contribution in [2.75, 3.05) is 6.61 Å². The predicted molar refractivity (Wildman–Crippen MR) is 94.4 cm³/mol. The number of carbonyl (C=O) groups excluding carboxylic acids is 1. The zero-order valence-electron chi connectivity index (χ0n) is 14.4. The number of carbonyl (C=O) groups is 2. The Hall–Kier alpha value is -0.950. The van der Waals surface area contributed by atoms with Crippen molar-refractivity contribution < 1.29 is 30.0 Å². The Labute approximate surface area is 152 Å². The van der Waals surface area contributed by atoms with Crippen LogP contribution in [0, 0.1) is 5.92 Å². The van der Waals surface area contributed by atoms with Crippen molar-refractivity contribution in [3.63, 3.8) is 0 Å². The summed E-state index contributed by atoms with van der Waals surface area (Å²) >= 11 is 3.99. The van der Waals surface area contributed by atoms with Crippen molar-refractivity contribution in [2.24, 2.45) is 17.4 Å². The zero-order valence-corrected chi connectivity index (χ0v) is 15.3. The monoisotopic (exact) mass is 382 g/mol. The molecule has 0 aromatic rings. The first-order chi connectivity index (χ1) is 11.4. The number of nitrogens with two attached hydrogens (primary N) is 2. The van der Waals surface area contributed by atoms with Gasteiger partial charge in [0.05, 0.1) is 12.6 Å². The van der Waals surface area contributed by atoms with E-state index in [1.54, 1.807) is 0 Å². The van der Waals surface area contributed by atoms with Crippen LogP contribution >= 0.6 is 12.6 Å². The second kappa shape index (κ2) is 10.9. The van der Waals surface area contributed by atoms with E-state index in [1.165, 1.54) is 0 Å². The smallest absolute Gasteiger partial charge is 0.323 e. The Balaban J connectivity index is 5.17. The summed E-state index contributed by atoms with van der Waals surface area (Å²) in [4.78, 5) is 22.0. The van der Waals surface area contributed by atoms with Gasteiger partial charge in [-0.25, -0.2) is 0 Å². The number of amides is 1. The summed E-state index contributed by atoms with van der Waals surface area (Å²) in [6.45, 7) is 3.05. The molecule has 0 aliphatic rings. The molecule has 0 heterocycles. The molecule has 5 atom stereocenters. The minimum atomic E-state index is -2.17. The van der Waals surface area contributed by atoms with Gasteiger partial charge < -0.3 is 31.9 Å². The molecular weight excluding hydrogens is 352 g/mol. The molecule has 10 nitrogen and oxygen atoms in total. The molecule has 0 rings (SSSR count). The first-order valence-corrected chi connectivity index (χ1v) is 8.39. The molecule has 25 heavy (non-hydrogen) atoms. The van der Waals surface area contributed by atoms with Crippen molar-refractivity contribution in [2.45, 2.75) is 62.5 Å². The Morgan fingerprint density at radius 3 is 2.28 bits per heavy atom. The Kier molecular flexibility index (Phi) is 10.5. The molecule has 10 N–H and O–H groups in total. The second-order valence-corrected chi connectivity index (χ2v) is 7.09. The van der Waals surface area contributed by atoms with Gasteiger partial charge in [-0.2, -0.15) is 0 Å². The summed E-state index contributed by atoms with van der Waals surface area (Å²) in [7, 11) is 0. The van der Waals surface area contributed by atoms with Crippen LogP contribution in [0.2, 0.25) is 0 Å². The molecule has 148 valence electrons. The molecule has 1 amide bonds. The van der Waals surface area contributed by atoms with Gasteiger partial charge in [-0.3, -0.25) is 20.2 Å². The van der Waals surface area contributed by atoms with E-state index in [1.807, 2.05) is 13.8 Å². The molecule has 0 aromatic carbocycles. The number of aliphatic hydroxyl groups is 3. The third kappa shape index (κ3) is 9.35. The van der Waals surface area contributed by atoms with Crippen LogP contribution in [0.5, 0.6) is 0 Å². The van der Waals surface area contributed by atoms with Gasteiger partial charge in [0.2, 0.25) is 5.91 Å². The highest BCUT2D eigenvalue weighted by Gasteiger charge is 2.38. The fraction of sp³-hybridized carbons (Fsp3) is 0.857. The fourth-order valence-electron chi connectivity index (χ4n) is 2.23. The highest BCUT2D eigenvalue weighted by Crippen LogP contribution is 2.19. The van der Waals surface area contributed by atoms with Crippen LogP contribution in [0.3, 0.4) is 0 Å². The van der Waals surface area contributed by atoms with E-state index >= 15 is 0 Å². The quantitative estimate of drug-likeness (QED) is 0.122. The molecule has 0 fully saturated rings. The van der Waals surface area contributed by atoms with E-state index in [0.29, 0.717) is 6.42 Å². The van der Waals surface area contributed by atoms with Gasteiger partial charge in [0.25, 0.3) is 0 Å². The van der Waals surface area contributed by atoms with E-state index in [0.717, 1.165) is 0 Å². The minimum Gasteiger partial charge on any atom is -0.480 e. The number of thiol groups is 1. The van der Waals surface area contributed by atoms with Crippen LogP contribution in [0.15, 0.2) is 0 Å². The molecule has 0 bridgehead atoms. The van der Waals surface area contributed by atoms with Gasteiger partial charge in [-0.1, -0.05) is 13.8 Å². The van der Waals surface area contributed by atoms with Crippen molar-refractivity contribution in [3.05, 3.63) is 0 Å². The predicted octanol–water partition coefficient (Wildman–Crippen LogP) is -2.49. The fourth-order valence-corrected chi connectivity index (χ4v) is 2.59. The van der Waals surface area contributed by atoms with Crippen molar-refractivity contribution in [1.82, 2.24) is 10.6 Å². The molecule has 0 aliphatic heterocycles. The Morgan fingerprint density at radius 2 is 1.88 bits per heavy atom. The minimum absolute atomic E-state index is 0.0500. The first-order valence-electron chi connectivity index (χ1n) is 7.94. The number of rotatable bonds is 13. The largest absolute Gasteiger partial charge is 0.480 e. The van der Waals surface area contributed by atoms with Crippen molar-refractivity contribution in [3.8, 4) is 0 Å². The molecular formula is C14H30N4O6S. The maximum Gasteiger partial charge on any atom is 0.323 e. The lowest BCUT2D eigenvalue weighted by atomic mass is 10.0. The summed E-state index contributed by atoms with van der Waals surface area (Å²) in [6, 6.07) is -3.24. The SMILES string of the molecule is CC(C)C[C@H](N)C(O)N[C@H](CCC(N)=O)C(O)(S)N[C@@H](CO)C(=O)O. The molecule has 0 spiro atoms. The van der Waals surface area contributed by atoms with Crippen LogP contribution in [0.4, 0.5) is 0 Å². The Morgan fingerprint density at radius 1 is 1.32 bits per heavy atom. The van der Waals surface area contributed by atoms with Crippen molar-refractivity contribution in [1.29, 1.82) is 0 Å². The molecule has 0 radical (unpaired) electrons. The second-order valence-electron chi connectivity index (χ2n) is 6.41. The van der Waals surface area contributed by atoms with E-state index in [-0.39, 0.29) is 18.8 Å². The topological polar surface area (TPSA) is 191 Å². The normalized spacial score (nSPS) is 19.0. The molecule has 0 saturated heterocycles. The summed E-state index contributed by atoms with van der Waals surface area (Å²) in [5, 5.41) is 41.4. The Bertz CT molecular complexity index is 438. The highest BCUT2D eigenvalue weighted by molar-refractivity contribution is 7.81. The van der Waals surface area contributed by atoms with Gasteiger partial charge in [0.15, 0.2) is 5.06 Å². The average molecular weight is 382 g/mol. The number of carboxylic acid groups (broad SMARTS) is 1. The van der Waals surface area contributed by atoms with Gasteiger partial charge >= 0.3 is 5.97 Å². The van der Waals surface area contributed by atoms with E-state index in [9.17, 15) is 19.8 Å². The maximum atomic E-state index is 11.0. The van der Waals surface area contributed by atoms with Crippen LogP contribution in [-0.4, -0.2) is 68.3 Å². The van der Waals surface area contributed by atoms with Crippen LogP contribution < -0.4 is 22.1 Å². The average Bonchev–Trinajstić information content (AvgIpc) is 2.47. The lowest BCUT2D eigenvalue weighted by Crippen LogP contribution is -2.64. The highest BCUT2D eigenvalue weighted by atomic mass is 32.1. The number of hydrogen-bond donors (Lipinski definition) is 9. The number of hydrogen-bond acceptors (Lipinski definition) is 9. The third-order valence-corrected chi connectivity index (χ3v) is 3.99. The number of aliphatic carboxylic acids is 1. The number of carboxylic acids is 1. The molecule has 11 heteroatoms. The van der Waals surface area contributed by atoms with Crippen LogP contribution in [-0.2, 0) is 9.59 Å². The van der Waals surface area contributed by atoms with E-state index in [2.05, 4.69) is 23.3 Å². The summed E-state index contributed by atoms with van der Waals surface area (Å²) in [5.41, 5.74) is 11.0. The number of nitrogens with one attached hydrogen (secondary N) is 2. The van der Waals surface area contributed by atoms with Gasteiger partial charge in [-0.05, 0) is 18.8 Å². The molecule has 2 unspecified atom stereocenters. The van der Waals surface area contributed by atoms with Gasteiger partial charge in [-0.15, -0.1) is 12.6 Å². The lowest BCUT2D eigenvalue weighted by Gasteiger charge is -2.37. The zero-order chi connectivity index (χ0) is 19.8. The standard InChI is InChI=1S/C14H30N4O6S/c1-7(2)5-8(15)12(21)17-10(3-4-11(16)20)14(24,25)18-9(6-19)13(22)23/h7-10,12,17-19,21,24-25H,3-6,15H2,1-2H3,(H2,16,20)(H,22,23)/t8-,9-,10+,12?,14?/m0/s1. The van der Waals surface area contributed by atoms with Gasteiger partial charge in [0.1, 0.15) is 12.3 Å². The summed E-state index contributed by atoms with van der Waals surface area (Å²) in [6.07, 6.45) is -0.946. The third-order valence-electron chi connectivity index (χ3n) is 3.55. The van der Waals surface area contributed by atoms with Gasteiger partial charge in [0, 0.05) is 12.5 Å². The van der Waals surface area contributed by atoms with E-state index in [4.69, 9.17) is 21.7 Å². The maximum absolute atomic E-state index is 11.0. The lowest BCUT2D eigenvalue weighted by molar-refractivity contribution is -0.142. The number of primary amides is 1.